The van der Waals surface area contributed by atoms with E-state index < -0.39 is 10.0 Å². The Labute approximate surface area is 146 Å². The lowest BCUT2D eigenvalue weighted by atomic mass is 10.3. The fraction of sp³-hybridized carbons (Fsp3) is 0.267. The molecule has 9 heteroatoms. The third-order valence-electron chi connectivity index (χ3n) is 3.18. The lowest BCUT2D eigenvalue weighted by molar-refractivity contribution is 0.400. The van der Waals surface area contributed by atoms with Gasteiger partial charge in [0.1, 0.15) is 16.4 Å². The number of methoxy groups -OCH3 is 1. The van der Waals surface area contributed by atoms with Crippen molar-refractivity contribution in [1.29, 1.82) is 0 Å². The molecule has 0 saturated heterocycles. The average Bonchev–Trinajstić information content (AvgIpc) is 3.06. The van der Waals surface area contributed by atoms with Crippen molar-refractivity contribution in [3.8, 4) is 5.75 Å². The number of thiocarbonyl (C=S) groups is 1. The van der Waals surface area contributed by atoms with Gasteiger partial charge >= 0.3 is 0 Å². The number of rotatable bonds is 6. The summed E-state index contributed by atoms with van der Waals surface area (Å²) < 4.78 is 36.3. The third-order valence-corrected chi connectivity index (χ3v) is 5.27. The second kappa shape index (κ2) is 7.65. The minimum absolute atomic E-state index is 0.0637. The molecule has 0 aliphatic heterocycles. The standard InChI is InChI=1S/C15H19N3O4S2/c1-18(2)24(19,20)14-9-11(6-7-13(14)21-3)17-15(23)16-10-12-5-4-8-22-12/h4-9H,10H2,1-3H3,(H2,16,17,23). The molecule has 0 atom stereocenters. The first-order valence-corrected chi connectivity index (χ1v) is 8.87. The predicted octanol–water partition coefficient (Wildman–Crippen LogP) is 2.03. The summed E-state index contributed by atoms with van der Waals surface area (Å²) in [4.78, 5) is 0.0637. The number of nitrogens with one attached hydrogen (secondary N) is 2. The summed E-state index contributed by atoms with van der Waals surface area (Å²) in [5.74, 6) is 1.01. The van der Waals surface area contributed by atoms with E-state index in [9.17, 15) is 8.42 Å². The fourth-order valence-electron chi connectivity index (χ4n) is 1.91. The Morgan fingerprint density at radius 2 is 2.08 bits per heavy atom. The van der Waals surface area contributed by atoms with Gasteiger partial charge in [-0.3, -0.25) is 0 Å². The molecule has 0 aliphatic carbocycles. The zero-order valence-corrected chi connectivity index (χ0v) is 15.2. The van der Waals surface area contributed by atoms with E-state index in [-0.39, 0.29) is 10.6 Å². The summed E-state index contributed by atoms with van der Waals surface area (Å²) >= 11 is 5.20. The van der Waals surface area contributed by atoms with Crippen molar-refractivity contribution in [3.63, 3.8) is 0 Å². The zero-order chi connectivity index (χ0) is 17.7. The van der Waals surface area contributed by atoms with E-state index in [4.69, 9.17) is 21.4 Å². The zero-order valence-electron chi connectivity index (χ0n) is 13.6. The second-order valence-corrected chi connectivity index (χ2v) is 7.57. The predicted molar refractivity (Wildman–Crippen MR) is 95.6 cm³/mol. The summed E-state index contributed by atoms with van der Waals surface area (Å²) in [5, 5.41) is 6.28. The van der Waals surface area contributed by atoms with E-state index in [1.165, 1.54) is 27.3 Å². The van der Waals surface area contributed by atoms with E-state index in [1.54, 1.807) is 24.5 Å². The van der Waals surface area contributed by atoms with Crippen LogP contribution in [-0.4, -0.2) is 39.0 Å². The topological polar surface area (TPSA) is 83.8 Å². The normalized spacial score (nSPS) is 11.3. The van der Waals surface area contributed by atoms with Crippen molar-refractivity contribution in [1.82, 2.24) is 9.62 Å². The van der Waals surface area contributed by atoms with Crippen molar-refractivity contribution in [2.24, 2.45) is 0 Å². The quantitative estimate of drug-likeness (QED) is 0.754. The largest absolute Gasteiger partial charge is 0.495 e. The molecule has 7 nitrogen and oxygen atoms in total. The molecule has 0 fully saturated rings. The first-order valence-electron chi connectivity index (χ1n) is 7.02. The van der Waals surface area contributed by atoms with Gasteiger partial charge in [0, 0.05) is 19.8 Å². The number of benzene rings is 1. The monoisotopic (exact) mass is 369 g/mol. The number of ether oxygens (including phenoxy) is 1. The highest BCUT2D eigenvalue weighted by molar-refractivity contribution is 7.89. The van der Waals surface area contributed by atoms with E-state index in [2.05, 4.69) is 10.6 Å². The first kappa shape index (κ1) is 18.2. The molecule has 0 spiro atoms. The Hall–Kier alpha value is -2.10. The maximum atomic E-state index is 12.4. The van der Waals surface area contributed by atoms with Gasteiger partial charge < -0.3 is 19.8 Å². The van der Waals surface area contributed by atoms with Crippen molar-refractivity contribution in [3.05, 3.63) is 42.4 Å². The highest BCUT2D eigenvalue weighted by Crippen LogP contribution is 2.28. The Bertz CT molecular complexity index is 802. The Morgan fingerprint density at radius 1 is 1.33 bits per heavy atom. The van der Waals surface area contributed by atoms with Gasteiger partial charge in [0.2, 0.25) is 10.0 Å². The van der Waals surface area contributed by atoms with E-state index in [0.29, 0.717) is 17.3 Å². The van der Waals surface area contributed by atoms with E-state index in [1.807, 2.05) is 6.07 Å². The second-order valence-electron chi connectivity index (χ2n) is 5.04. The summed E-state index contributed by atoms with van der Waals surface area (Å²) in [6, 6.07) is 8.36. The lowest BCUT2D eigenvalue weighted by Crippen LogP contribution is -2.28. The lowest BCUT2D eigenvalue weighted by Gasteiger charge is -2.16. The van der Waals surface area contributed by atoms with Crippen LogP contribution >= 0.6 is 12.2 Å². The van der Waals surface area contributed by atoms with Crippen LogP contribution in [0.4, 0.5) is 5.69 Å². The SMILES string of the molecule is COc1ccc(NC(=S)NCc2ccco2)cc1S(=O)(=O)N(C)C. The van der Waals surface area contributed by atoms with Crippen LogP contribution in [0.25, 0.3) is 0 Å². The van der Waals surface area contributed by atoms with Crippen LogP contribution in [0, 0.1) is 0 Å². The molecule has 1 heterocycles. The molecule has 1 aromatic carbocycles. The molecule has 2 rings (SSSR count). The number of nitrogens with zero attached hydrogens (tertiary/aromatic N) is 1. The highest BCUT2D eigenvalue weighted by atomic mass is 32.2. The van der Waals surface area contributed by atoms with Crippen molar-refractivity contribution in [2.45, 2.75) is 11.4 Å². The van der Waals surface area contributed by atoms with Gasteiger partial charge in [0.25, 0.3) is 0 Å². The number of anilines is 1. The number of sulfonamides is 1. The molecule has 0 radical (unpaired) electrons. The molecule has 0 saturated carbocycles. The smallest absolute Gasteiger partial charge is 0.246 e. The molecule has 0 aliphatic rings. The molecule has 130 valence electrons. The number of furan rings is 1. The molecule has 0 unspecified atom stereocenters. The molecule has 0 amide bonds. The number of hydrogen-bond donors (Lipinski definition) is 2. The van der Waals surface area contributed by atoms with Crippen LogP contribution < -0.4 is 15.4 Å². The van der Waals surface area contributed by atoms with Crippen LogP contribution in [0.15, 0.2) is 45.9 Å². The maximum absolute atomic E-state index is 12.4. The first-order chi connectivity index (χ1) is 11.3. The minimum atomic E-state index is -3.64. The highest BCUT2D eigenvalue weighted by Gasteiger charge is 2.22. The van der Waals surface area contributed by atoms with E-state index in [0.717, 1.165) is 10.1 Å². The van der Waals surface area contributed by atoms with Gasteiger partial charge in [-0.2, -0.15) is 0 Å². The Morgan fingerprint density at radius 3 is 2.67 bits per heavy atom. The minimum Gasteiger partial charge on any atom is -0.495 e. The average molecular weight is 369 g/mol. The molecule has 2 N–H and O–H groups in total. The number of hydrogen-bond acceptors (Lipinski definition) is 5. The third kappa shape index (κ3) is 4.25. The molecule has 0 bridgehead atoms. The van der Waals surface area contributed by atoms with Gasteiger partial charge in [-0.25, -0.2) is 12.7 Å². The maximum Gasteiger partial charge on any atom is 0.246 e. The summed E-state index contributed by atoms with van der Waals surface area (Å²) in [5.41, 5.74) is 0.535. The molecule has 24 heavy (non-hydrogen) atoms. The van der Waals surface area contributed by atoms with E-state index >= 15 is 0 Å². The molecular formula is C15H19N3O4S2. The van der Waals surface area contributed by atoms with Crippen LogP contribution in [0.1, 0.15) is 5.76 Å². The van der Waals surface area contributed by atoms with Crippen molar-refractivity contribution >= 4 is 33.0 Å². The summed E-state index contributed by atoms with van der Waals surface area (Å²) in [6.45, 7) is 0.428. The van der Waals surface area contributed by atoms with Gasteiger partial charge in [0.15, 0.2) is 5.11 Å². The van der Waals surface area contributed by atoms with Crippen LogP contribution in [0.2, 0.25) is 0 Å². The van der Waals surface area contributed by atoms with Gasteiger partial charge in [-0.05, 0) is 42.5 Å². The Balaban J connectivity index is 2.15. The van der Waals surface area contributed by atoms with Crippen molar-refractivity contribution < 1.29 is 17.6 Å². The van der Waals surface area contributed by atoms with Crippen LogP contribution in [0.5, 0.6) is 5.75 Å². The molecule has 2 aromatic rings. The van der Waals surface area contributed by atoms with Gasteiger partial charge in [-0.1, -0.05) is 0 Å². The molecule has 1 aromatic heterocycles. The van der Waals surface area contributed by atoms with Crippen molar-refractivity contribution in [2.75, 3.05) is 26.5 Å². The van der Waals surface area contributed by atoms with Gasteiger partial charge in [-0.15, -0.1) is 0 Å². The molecular weight excluding hydrogens is 350 g/mol. The van der Waals surface area contributed by atoms with Crippen LogP contribution in [-0.2, 0) is 16.6 Å². The van der Waals surface area contributed by atoms with Gasteiger partial charge in [0.05, 0.1) is 19.9 Å². The Kier molecular flexibility index (Phi) is 5.81. The summed E-state index contributed by atoms with van der Waals surface area (Å²) in [7, 11) is 0.713. The fourth-order valence-corrected chi connectivity index (χ4v) is 3.17. The summed E-state index contributed by atoms with van der Waals surface area (Å²) in [6.07, 6.45) is 1.58. The van der Waals surface area contributed by atoms with Crippen LogP contribution in [0.3, 0.4) is 0 Å².